The summed E-state index contributed by atoms with van der Waals surface area (Å²) < 4.78 is 11.9. The number of benzene rings is 1. The molecule has 0 spiro atoms. The molecule has 1 aromatic carbocycles. The van der Waals surface area contributed by atoms with E-state index in [0.717, 1.165) is 5.69 Å². The summed E-state index contributed by atoms with van der Waals surface area (Å²) in [5.74, 6) is -0.0527. The summed E-state index contributed by atoms with van der Waals surface area (Å²) in [7, 11) is 2.79. The van der Waals surface area contributed by atoms with Gasteiger partial charge in [-0.15, -0.1) is 0 Å². The van der Waals surface area contributed by atoms with Gasteiger partial charge in [0.2, 0.25) is 5.91 Å². The van der Waals surface area contributed by atoms with Crippen LogP contribution in [0.25, 0.3) is 5.69 Å². The summed E-state index contributed by atoms with van der Waals surface area (Å²) >= 11 is 0. The van der Waals surface area contributed by atoms with Crippen LogP contribution >= 0.6 is 0 Å². The number of esters is 1. The predicted molar refractivity (Wildman–Crippen MR) is 107 cm³/mol. The average molecular weight is 397 g/mol. The normalized spacial score (nSPS) is 13.7. The largest absolute Gasteiger partial charge is 0.494 e. The number of nitrogens with two attached hydrogens (primary N) is 1. The predicted octanol–water partition coefficient (Wildman–Crippen LogP) is 1.39. The number of piperazine rings is 1. The lowest BCUT2D eigenvalue weighted by molar-refractivity contribution is -0.129. The van der Waals surface area contributed by atoms with Crippen molar-refractivity contribution < 1.29 is 19.1 Å². The van der Waals surface area contributed by atoms with Crippen LogP contribution in [0.2, 0.25) is 0 Å². The summed E-state index contributed by atoms with van der Waals surface area (Å²) in [6.45, 7) is 4.32. The lowest BCUT2D eigenvalue weighted by Gasteiger charge is -2.35. The second kappa shape index (κ2) is 8.14. The standard InChI is InChI=1S/C20H23N5O4/c1-13(26)23-6-8-24(9-7-23)15-4-5-16(17(10-15)28-2)25-12-14(11-21)18(22)19(25)20(27)29-3/h4-5,10,12H,6-9,22H2,1-3H3. The van der Waals surface area contributed by atoms with Crippen LogP contribution in [0.15, 0.2) is 24.4 Å². The van der Waals surface area contributed by atoms with E-state index in [1.807, 2.05) is 23.1 Å². The first-order valence-corrected chi connectivity index (χ1v) is 9.09. The molecular formula is C20H23N5O4. The van der Waals surface area contributed by atoms with Crippen molar-refractivity contribution in [3.8, 4) is 17.5 Å². The van der Waals surface area contributed by atoms with Crippen molar-refractivity contribution in [2.75, 3.05) is 51.0 Å². The Bertz CT molecular complexity index is 983. The molecule has 0 bridgehead atoms. The summed E-state index contributed by atoms with van der Waals surface area (Å²) in [4.78, 5) is 27.7. The van der Waals surface area contributed by atoms with Crippen LogP contribution in [-0.4, -0.2) is 61.7 Å². The van der Waals surface area contributed by atoms with E-state index < -0.39 is 5.97 Å². The topological polar surface area (TPSA) is 114 Å². The Morgan fingerprint density at radius 1 is 1.17 bits per heavy atom. The van der Waals surface area contributed by atoms with Gasteiger partial charge in [0.05, 0.1) is 31.2 Å². The number of amides is 1. The highest BCUT2D eigenvalue weighted by atomic mass is 16.5. The van der Waals surface area contributed by atoms with Gasteiger partial charge in [-0.2, -0.15) is 5.26 Å². The molecule has 9 nitrogen and oxygen atoms in total. The maximum absolute atomic E-state index is 12.2. The van der Waals surface area contributed by atoms with Crippen molar-refractivity contribution in [1.29, 1.82) is 5.26 Å². The molecule has 0 unspecified atom stereocenters. The zero-order valence-electron chi connectivity index (χ0n) is 16.6. The number of rotatable bonds is 4. The number of anilines is 2. The van der Waals surface area contributed by atoms with E-state index in [0.29, 0.717) is 37.6 Å². The van der Waals surface area contributed by atoms with Gasteiger partial charge in [0.15, 0.2) is 5.69 Å². The monoisotopic (exact) mass is 397 g/mol. The van der Waals surface area contributed by atoms with Gasteiger partial charge in [-0.25, -0.2) is 4.79 Å². The minimum atomic E-state index is -0.643. The molecule has 0 aliphatic carbocycles. The van der Waals surface area contributed by atoms with Crippen molar-refractivity contribution in [2.45, 2.75) is 6.92 Å². The number of nitriles is 1. The average Bonchev–Trinajstić information content (AvgIpc) is 3.08. The Morgan fingerprint density at radius 2 is 1.86 bits per heavy atom. The molecule has 1 aromatic heterocycles. The van der Waals surface area contributed by atoms with Gasteiger partial charge in [0, 0.05) is 51.1 Å². The molecule has 152 valence electrons. The quantitative estimate of drug-likeness (QED) is 0.776. The third kappa shape index (κ3) is 3.69. The van der Waals surface area contributed by atoms with Crippen molar-refractivity contribution in [3.05, 3.63) is 35.7 Å². The number of methoxy groups -OCH3 is 2. The van der Waals surface area contributed by atoms with Crippen molar-refractivity contribution in [2.24, 2.45) is 0 Å². The zero-order chi connectivity index (χ0) is 21.1. The van der Waals surface area contributed by atoms with Gasteiger partial charge < -0.3 is 29.6 Å². The number of ether oxygens (including phenoxy) is 2. The van der Waals surface area contributed by atoms with E-state index in [1.54, 1.807) is 13.0 Å². The van der Waals surface area contributed by atoms with Crippen LogP contribution in [0, 0.1) is 11.3 Å². The van der Waals surface area contributed by atoms with Gasteiger partial charge in [-0.05, 0) is 12.1 Å². The van der Waals surface area contributed by atoms with Crippen LogP contribution in [0.1, 0.15) is 23.0 Å². The first-order valence-electron chi connectivity index (χ1n) is 9.09. The van der Waals surface area contributed by atoms with Crippen molar-refractivity contribution in [1.82, 2.24) is 9.47 Å². The summed E-state index contributed by atoms with van der Waals surface area (Å²) in [5, 5.41) is 9.30. The summed E-state index contributed by atoms with van der Waals surface area (Å²) in [5.41, 5.74) is 7.79. The number of carbonyl (C=O) groups is 2. The molecule has 1 amide bonds. The first kappa shape index (κ1) is 20.1. The van der Waals surface area contributed by atoms with Gasteiger partial charge in [-0.3, -0.25) is 4.79 Å². The fourth-order valence-corrected chi connectivity index (χ4v) is 3.45. The molecule has 0 radical (unpaired) electrons. The third-order valence-electron chi connectivity index (χ3n) is 5.06. The Morgan fingerprint density at radius 3 is 2.41 bits per heavy atom. The number of hydrogen-bond acceptors (Lipinski definition) is 7. The van der Waals surface area contributed by atoms with E-state index in [1.165, 1.54) is 25.0 Å². The van der Waals surface area contributed by atoms with Crippen molar-refractivity contribution in [3.63, 3.8) is 0 Å². The van der Waals surface area contributed by atoms with Crippen LogP contribution in [0.3, 0.4) is 0 Å². The van der Waals surface area contributed by atoms with E-state index in [4.69, 9.17) is 15.2 Å². The maximum Gasteiger partial charge on any atom is 0.357 e. The number of nitrogens with zero attached hydrogens (tertiary/aromatic N) is 4. The third-order valence-corrected chi connectivity index (χ3v) is 5.06. The Kier molecular flexibility index (Phi) is 5.64. The molecule has 1 saturated heterocycles. The molecule has 2 N–H and O–H groups in total. The highest BCUT2D eigenvalue weighted by Gasteiger charge is 2.24. The van der Waals surface area contributed by atoms with Gasteiger partial charge in [0.25, 0.3) is 0 Å². The molecule has 0 atom stereocenters. The first-order chi connectivity index (χ1) is 13.9. The molecular weight excluding hydrogens is 374 g/mol. The number of nitrogen functional groups attached to an aromatic ring is 1. The fourth-order valence-electron chi connectivity index (χ4n) is 3.45. The molecule has 9 heteroatoms. The van der Waals surface area contributed by atoms with Crippen LogP contribution < -0.4 is 15.4 Å². The Hall–Kier alpha value is -3.67. The van der Waals surface area contributed by atoms with Crippen LogP contribution in [0.5, 0.6) is 5.75 Å². The van der Waals surface area contributed by atoms with Gasteiger partial charge >= 0.3 is 5.97 Å². The minimum Gasteiger partial charge on any atom is -0.494 e. The molecule has 2 aromatic rings. The Balaban J connectivity index is 1.98. The summed E-state index contributed by atoms with van der Waals surface area (Å²) in [6.07, 6.45) is 1.49. The maximum atomic E-state index is 12.2. The molecule has 3 rings (SSSR count). The number of carbonyl (C=O) groups excluding carboxylic acids is 2. The molecule has 1 fully saturated rings. The van der Waals surface area contributed by atoms with Crippen LogP contribution in [0.4, 0.5) is 11.4 Å². The van der Waals surface area contributed by atoms with E-state index >= 15 is 0 Å². The van der Waals surface area contributed by atoms with Crippen LogP contribution in [-0.2, 0) is 9.53 Å². The molecule has 2 heterocycles. The number of aromatic nitrogens is 1. The zero-order valence-corrected chi connectivity index (χ0v) is 16.6. The smallest absolute Gasteiger partial charge is 0.357 e. The van der Waals surface area contributed by atoms with Gasteiger partial charge in [0.1, 0.15) is 11.8 Å². The minimum absolute atomic E-state index is 0.0610. The van der Waals surface area contributed by atoms with Gasteiger partial charge in [-0.1, -0.05) is 0 Å². The highest BCUT2D eigenvalue weighted by molar-refractivity contribution is 5.96. The van der Waals surface area contributed by atoms with Crippen molar-refractivity contribution >= 4 is 23.3 Å². The second-order valence-corrected chi connectivity index (χ2v) is 6.63. The lowest BCUT2D eigenvalue weighted by Crippen LogP contribution is -2.48. The lowest BCUT2D eigenvalue weighted by atomic mass is 10.2. The molecule has 1 aliphatic rings. The SMILES string of the molecule is COC(=O)c1c(N)c(C#N)cn1-c1ccc(N2CCN(C(C)=O)CC2)cc1OC. The highest BCUT2D eigenvalue weighted by Crippen LogP contribution is 2.33. The fraction of sp³-hybridized carbons (Fsp3) is 0.350. The van der Waals surface area contributed by atoms with E-state index in [-0.39, 0.29) is 22.9 Å². The molecule has 29 heavy (non-hydrogen) atoms. The second-order valence-electron chi connectivity index (χ2n) is 6.63. The summed E-state index contributed by atoms with van der Waals surface area (Å²) in [6, 6.07) is 7.56. The number of hydrogen-bond donors (Lipinski definition) is 1. The van der Waals surface area contributed by atoms with E-state index in [9.17, 15) is 14.9 Å². The van der Waals surface area contributed by atoms with E-state index in [2.05, 4.69) is 4.90 Å². The molecule has 0 saturated carbocycles. The Labute approximate surface area is 168 Å². The molecule has 1 aliphatic heterocycles.